The number of nitrogens with two attached hydrogens (primary N) is 1. The first-order chi connectivity index (χ1) is 7.33. The summed E-state index contributed by atoms with van der Waals surface area (Å²) in [6, 6.07) is 10.2. The van der Waals surface area contributed by atoms with Crippen LogP contribution in [-0.4, -0.2) is 19.1 Å². The summed E-state index contributed by atoms with van der Waals surface area (Å²) in [6.45, 7) is 5.43. The molecule has 0 aliphatic heterocycles. The number of benzene rings is 1. The normalized spacial score (nSPS) is 9.00. The third-order valence-electron chi connectivity index (χ3n) is 1.96. The Morgan fingerprint density at radius 2 is 2.06 bits per heavy atom. The predicted octanol–water partition coefficient (Wildman–Crippen LogP) is -2.52. The molecule has 0 aliphatic rings. The first-order valence-electron chi connectivity index (χ1n) is 4.97. The Morgan fingerprint density at radius 1 is 1.38 bits per heavy atom. The molecule has 1 aromatic carbocycles. The lowest BCUT2D eigenvalue weighted by Gasteiger charge is -2.02. The van der Waals surface area contributed by atoms with Crippen LogP contribution in [0.5, 0.6) is 0 Å². The lowest BCUT2D eigenvalue weighted by Crippen LogP contribution is -3.00. The van der Waals surface area contributed by atoms with Crippen molar-refractivity contribution in [3.63, 3.8) is 0 Å². The zero-order chi connectivity index (χ0) is 10.9. The molecule has 0 saturated heterocycles. The number of esters is 1. The van der Waals surface area contributed by atoms with Crippen molar-refractivity contribution in [3.05, 3.63) is 48.6 Å². The van der Waals surface area contributed by atoms with Gasteiger partial charge in [-0.2, -0.15) is 0 Å². The zero-order valence-electron chi connectivity index (χ0n) is 9.06. The molecule has 0 fully saturated rings. The summed E-state index contributed by atoms with van der Waals surface area (Å²) in [4.78, 5) is 10.7. The highest BCUT2D eigenvalue weighted by Gasteiger charge is 1.97. The van der Waals surface area contributed by atoms with Crippen LogP contribution in [0.3, 0.4) is 0 Å². The Labute approximate surface area is 106 Å². The molecule has 0 heterocycles. The summed E-state index contributed by atoms with van der Waals surface area (Å²) in [5.74, 6) is -0.358. The van der Waals surface area contributed by atoms with Crippen LogP contribution in [-0.2, 0) is 16.1 Å². The maximum atomic E-state index is 10.7. The summed E-state index contributed by atoms with van der Waals surface area (Å²) in [5, 5.41) is 2.10. The first-order valence-corrected chi connectivity index (χ1v) is 4.97. The predicted molar refractivity (Wildman–Crippen MR) is 58.1 cm³/mol. The average Bonchev–Trinajstić information content (AvgIpc) is 2.29. The molecule has 0 bridgehead atoms. The minimum absolute atomic E-state index is 0. The van der Waals surface area contributed by atoms with Crippen LogP contribution in [0, 0.1) is 0 Å². The first kappa shape index (κ1) is 14.9. The molecule has 16 heavy (non-hydrogen) atoms. The number of ether oxygens (including phenoxy) is 1. The van der Waals surface area contributed by atoms with E-state index in [2.05, 4.69) is 24.0 Å². The van der Waals surface area contributed by atoms with E-state index in [4.69, 9.17) is 4.74 Å². The minimum Gasteiger partial charge on any atom is -1.00 e. The Hall–Kier alpha value is -1.13. The van der Waals surface area contributed by atoms with Crippen molar-refractivity contribution in [1.82, 2.24) is 0 Å². The molecule has 1 rings (SSSR count). The smallest absolute Gasteiger partial charge is 0.330 e. The minimum atomic E-state index is -0.358. The van der Waals surface area contributed by atoms with Crippen LogP contribution < -0.4 is 22.3 Å². The van der Waals surface area contributed by atoms with E-state index in [1.165, 1.54) is 11.6 Å². The molecule has 0 spiro atoms. The number of hydrogen-bond acceptors (Lipinski definition) is 2. The van der Waals surface area contributed by atoms with Crippen molar-refractivity contribution < 1.29 is 31.8 Å². The summed E-state index contributed by atoms with van der Waals surface area (Å²) in [7, 11) is 0. The number of quaternary nitrogens is 1. The van der Waals surface area contributed by atoms with Gasteiger partial charge in [-0.1, -0.05) is 36.9 Å². The van der Waals surface area contributed by atoms with Crippen LogP contribution in [0.2, 0.25) is 0 Å². The molecule has 0 amide bonds. The van der Waals surface area contributed by atoms with E-state index in [0.717, 1.165) is 13.1 Å². The third-order valence-corrected chi connectivity index (χ3v) is 1.96. The fourth-order valence-corrected chi connectivity index (χ4v) is 1.18. The molecule has 0 radical (unpaired) electrons. The van der Waals surface area contributed by atoms with Gasteiger partial charge in [0.15, 0.2) is 0 Å². The molecule has 3 nitrogen and oxygen atoms in total. The van der Waals surface area contributed by atoms with Gasteiger partial charge in [-0.3, -0.25) is 0 Å². The van der Waals surface area contributed by atoms with E-state index in [1.54, 1.807) is 0 Å². The second-order valence-electron chi connectivity index (χ2n) is 3.14. The van der Waals surface area contributed by atoms with E-state index in [9.17, 15) is 4.79 Å². The van der Waals surface area contributed by atoms with Crippen molar-refractivity contribution in [3.8, 4) is 0 Å². The van der Waals surface area contributed by atoms with Crippen molar-refractivity contribution in [2.24, 2.45) is 0 Å². The topological polar surface area (TPSA) is 42.9 Å². The number of carbonyl (C=O) groups excluding carboxylic acids is 1. The number of carbonyl (C=O) groups is 1. The van der Waals surface area contributed by atoms with Gasteiger partial charge in [-0.25, -0.2) is 4.79 Å². The van der Waals surface area contributed by atoms with Crippen molar-refractivity contribution in [1.29, 1.82) is 0 Å². The lowest BCUT2D eigenvalue weighted by atomic mass is 10.2. The molecular formula is C12H16BrNO2. The second kappa shape index (κ2) is 9.12. The monoisotopic (exact) mass is 285 g/mol. The molecular weight excluding hydrogens is 270 g/mol. The number of rotatable bonds is 6. The molecule has 88 valence electrons. The van der Waals surface area contributed by atoms with E-state index in [1.807, 2.05) is 18.2 Å². The zero-order valence-corrected chi connectivity index (χ0v) is 10.7. The molecule has 0 aromatic heterocycles. The van der Waals surface area contributed by atoms with Gasteiger partial charge in [-0.05, 0) is 0 Å². The standard InChI is InChI=1S/C12H15NO2.BrH/c1-2-12(14)15-9-8-13-10-11-6-4-3-5-7-11;/h2-7,13H,1,8-10H2;1H. The highest BCUT2D eigenvalue weighted by atomic mass is 79.9. The molecule has 0 aliphatic carbocycles. The second-order valence-corrected chi connectivity index (χ2v) is 3.14. The SMILES string of the molecule is C=CC(=O)OCC[NH2+]Cc1ccccc1.[Br-]. The third kappa shape index (κ3) is 6.37. The maximum absolute atomic E-state index is 10.7. The van der Waals surface area contributed by atoms with Gasteiger partial charge < -0.3 is 27.0 Å². The van der Waals surface area contributed by atoms with Crippen LogP contribution >= 0.6 is 0 Å². The van der Waals surface area contributed by atoms with Gasteiger partial charge in [0, 0.05) is 11.6 Å². The lowest BCUT2D eigenvalue weighted by molar-refractivity contribution is -0.671. The fraction of sp³-hybridized carbons (Fsp3) is 0.250. The summed E-state index contributed by atoms with van der Waals surface area (Å²) in [5.41, 5.74) is 1.27. The number of halogens is 1. The van der Waals surface area contributed by atoms with E-state index < -0.39 is 0 Å². The van der Waals surface area contributed by atoms with Gasteiger partial charge in [0.2, 0.25) is 0 Å². The Bertz CT molecular complexity index is 314. The highest BCUT2D eigenvalue weighted by Crippen LogP contribution is 1.94. The fourth-order valence-electron chi connectivity index (χ4n) is 1.18. The molecule has 0 unspecified atom stereocenters. The van der Waals surface area contributed by atoms with Gasteiger partial charge in [0.25, 0.3) is 0 Å². The Kier molecular flexibility index (Phi) is 8.48. The van der Waals surface area contributed by atoms with Crippen LogP contribution in [0.1, 0.15) is 5.56 Å². The van der Waals surface area contributed by atoms with Crippen LogP contribution in [0.25, 0.3) is 0 Å². The molecule has 0 atom stereocenters. The quantitative estimate of drug-likeness (QED) is 0.356. The summed E-state index contributed by atoms with van der Waals surface area (Å²) >= 11 is 0. The van der Waals surface area contributed by atoms with Crippen molar-refractivity contribution in [2.45, 2.75) is 6.54 Å². The summed E-state index contributed by atoms with van der Waals surface area (Å²) in [6.07, 6.45) is 1.18. The average molecular weight is 286 g/mol. The van der Waals surface area contributed by atoms with E-state index in [0.29, 0.717) is 6.61 Å². The van der Waals surface area contributed by atoms with Crippen molar-refractivity contribution in [2.75, 3.05) is 13.2 Å². The van der Waals surface area contributed by atoms with Crippen LogP contribution in [0.4, 0.5) is 0 Å². The molecule has 1 aromatic rings. The maximum Gasteiger partial charge on any atom is 0.330 e. The van der Waals surface area contributed by atoms with Gasteiger partial charge >= 0.3 is 5.97 Å². The van der Waals surface area contributed by atoms with Crippen LogP contribution in [0.15, 0.2) is 43.0 Å². The summed E-state index contributed by atoms with van der Waals surface area (Å²) < 4.78 is 4.84. The van der Waals surface area contributed by atoms with E-state index >= 15 is 0 Å². The van der Waals surface area contributed by atoms with Gasteiger partial charge in [0.05, 0.1) is 0 Å². The molecule has 0 saturated carbocycles. The van der Waals surface area contributed by atoms with Crippen molar-refractivity contribution >= 4 is 5.97 Å². The van der Waals surface area contributed by atoms with E-state index in [-0.39, 0.29) is 23.0 Å². The molecule has 2 N–H and O–H groups in total. The Morgan fingerprint density at radius 3 is 2.69 bits per heavy atom. The van der Waals surface area contributed by atoms with Gasteiger partial charge in [-0.15, -0.1) is 0 Å². The molecule has 4 heteroatoms. The van der Waals surface area contributed by atoms with Gasteiger partial charge in [0.1, 0.15) is 19.7 Å². The largest absolute Gasteiger partial charge is 1.00 e. The number of hydrogen-bond donors (Lipinski definition) is 1. The highest BCUT2D eigenvalue weighted by molar-refractivity contribution is 5.81. The Balaban J connectivity index is 0.00000225.